The Labute approximate surface area is 186 Å². The van der Waals surface area contributed by atoms with Crippen molar-refractivity contribution >= 4 is 17.4 Å². The molecule has 0 bridgehead atoms. The third-order valence-corrected chi connectivity index (χ3v) is 5.55. The summed E-state index contributed by atoms with van der Waals surface area (Å²) in [5.74, 6) is -1.03. The number of benzene rings is 2. The van der Waals surface area contributed by atoms with Crippen LogP contribution in [0.5, 0.6) is 5.75 Å². The number of aromatic nitrogens is 2. The number of fused-ring (bicyclic) bond motifs is 1. The summed E-state index contributed by atoms with van der Waals surface area (Å²) < 4.78 is 6.04. The second kappa shape index (κ2) is 8.17. The number of allylic oxidation sites excluding steroid dienone is 1. The first-order chi connectivity index (χ1) is 15.3. The summed E-state index contributed by atoms with van der Waals surface area (Å²) in [6, 6.07) is 14.5. The first-order valence-electron chi connectivity index (χ1n) is 9.39. The second-order valence-corrected chi connectivity index (χ2v) is 7.46. The molecule has 0 saturated carbocycles. The van der Waals surface area contributed by atoms with Gasteiger partial charge >= 0.3 is 0 Å². The Kier molecular flexibility index (Phi) is 5.38. The molecule has 0 saturated heterocycles. The Morgan fingerprint density at radius 3 is 2.47 bits per heavy atom. The molecule has 160 valence electrons. The fourth-order valence-electron chi connectivity index (χ4n) is 3.73. The summed E-state index contributed by atoms with van der Waals surface area (Å²) in [6.07, 6.45) is -0.0497. The van der Waals surface area contributed by atoms with Crippen molar-refractivity contribution in [2.24, 2.45) is 0 Å². The number of nitrogens with zero attached hydrogens (tertiary/aromatic N) is 4. The van der Waals surface area contributed by atoms with Crippen molar-refractivity contribution < 1.29 is 14.8 Å². The molecule has 1 unspecified atom stereocenters. The van der Waals surface area contributed by atoms with Gasteiger partial charge in [-0.3, -0.25) is 14.9 Å². The Morgan fingerprint density at radius 1 is 1.25 bits per heavy atom. The number of aliphatic hydroxyl groups is 1. The first-order valence-corrected chi connectivity index (χ1v) is 9.77. The lowest BCUT2D eigenvalue weighted by molar-refractivity contribution is -0.430. The fraction of sp³-hybridized carbons (Fsp3) is 0.136. The minimum atomic E-state index is -0.889. The number of hydrogen-bond acceptors (Lipinski definition) is 7. The maximum Gasteiger partial charge on any atom is 0.297 e. The van der Waals surface area contributed by atoms with Crippen molar-refractivity contribution in [2.45, 2.75) is 12.3 Å². The molecule has 2 aromatic carbocycles. The molecule has 0 spiro atoms. The Hall–Kier alpha value is -4.16. The molecule has 1 atom stereocenters. The predicted octanol–water partition coefficient (Wildman–Crippen LogP) is 3.61. The molecule has 1 aliphatic carbocycles. The molecule has 1 heterocycles. The van der Waals surface area contributed by atoms with Gasteiger partial charge in [-0.15, -0.1) is 0 Å². The van der Waals surface area contributed by atoms with E-state index in [9.17, 15) is 25.3 Å². The normalized spacial score (nSPS) is 15.1. The van der Waals surface area contributed by atoms with Crippen LogP contribution >= 0.6 is 11.6 Å². The van der Waals surface area contributed by atoms with Crippen LogP contribution in [0.4, 0.5) is 0 Å². The Balaban J connectivity index is 1.95. The third kappa shape index (κ3) is 3.46. The quantitative estimate of drug-likeness (QED) is 0.474. The second-order valence-electron chi connectivity index (χ2n) is 7.03. The summed E-state index contributed by atoms with van der Waals surface area (Å²) in [5, 5.41) is 37.1. The molecule has 10 heteroatoms. The van der Waals surface area contributed by atoms with Crippen molar-refractivity contribution in [3.63, 3.8) is 0 Å². The number of nitro groups is 1. The number of rotatable bonds is 4. The van der Waals surface area contributed by atoms with Crippen LogP contribution in [-0.2, 0) is 6.42 Å². The molecule has 0 radical (unpaired) electrons. The van der Waals surface area contributed by atoms with Crippen LogP contribution in [0.3, 0.4) is 0 Å². The molecule has 32 heavy (non-hydrogen) atoms. The Bertz CT molecular complexity index is 1360. The highest BCUT2D eigenvalue weighted by Crippen LogP contribution is 2.39. The lowest BCUT2D eigenvalue weighted by Crippen LogP contribution is -2.31. The van der Waals surface area contributed by atoms with E-state index >= 15 is 0 Å². The minimum absolute atomic E-state index is 0.0497. The van der Waals surface area contributed by atoms with Gasteiger partial charge in [0, 0.05) is 10.6 Å². The van der Waals surface area contributed by atoms with Crippen molar-refractivity contribution in [3.05, 3.63) is 102 Å². The highest BCUT2D eigenvalue weighted by molar-refractivity contribution is 6.30. The molecule has 0 fully saturated rings. The first kappa shape index (κ1) is 21.1. The molecule has 1 N–H and O–H groups in total. The Morgan fingerprint density at radius 2 is 1.91 bits per heavy atom. The van der Waals surface area contributed by atoms with Crippen molar-refractivity contribution in [1.29, 1.82) is 5.26 Å². The number of nitriles is 1. The molecule has 4 rings (SSSR count). The SMILES string of the molecule is COc1ccc(-n2nc3c(c(C#N)c2=O)CC(c2ccc(Cl)cc2)C([N+](=O)[O-])=C3O)cc1. The highest BCUT2D eigenvalue weighted by atomic mass is 35.5. The topological polar surface area (TPSA) is 131 Å². The van der Waals surface area contributed by atoms with Gasteiger partial charge in [0.15, 0.2) is 0 Å². The number of halogens is 1. The van der Waals surface area contributed by atoms with Crippen LogP contribution in [-0.4, -0.2) is 26.9 Å². The molecule has 3 aromatic rings. The third-order valence-electron chi connectivity index (χ3n) is 5.30. The maximum atomic E-state index is 13.0. The van der Waals surface area contributed by atoms with E-state index in [1.54, 1.807) is 48.5 Å². The number of hydrogen-bond donors (Lipinski definition) is 1. The fourth-order valence-corrected chi connectivity index (χ4v) is 3.86. The van der Waals surface area contributed by atoms with E-state index in [0.717, 1.165) is 4.68 Å². The van der Waals surface area contributed by atoms with Gasteiger partial charge in [0.1, 0.15) is 23.1 Å². The molecule has 0 aliphatic heterocycles. The monoisotopic (exact) mass is 450 g/mol. The lowest BCUT2D eigenvalue weighted by Gasteiger charge is -2.23. The zero-order chi connectivity index (χ0) is 23.0. The number of methoxy groups -OCH3 is 1. The van der Waals surface area contributed by atoms with Crippen LogP contribution in [0, 0.1) is 21.4 Å². The van der Waals surface area contributed by atoms with E-state index < -0.39 is 27.9 Å². The molecular formula is C22H15ClN4O5. The van der Waals surface area contributed by atoms with Crippen LogP contribution in [0.2, 0.25) is 5.02 Å². The maximum absolute atomic E-state index is 13.0. The van der Waals surface area contributed by atoms with Crippen molar-refractivity contribution in [1.82, 2.24) is 9.78 Å². The zero-order valence-electron chi connectivity index (χ0n) is 16.7. The lowest BCUT2D eigenvalue weighted by atomic mass is 9.82. The summed E-state index contributed by atoms with van der Waals surface area (Å²) in [4.78, 5) is 24.2. The highest BCUT2D eigenvalue weighted by Gasteiger charge is 2.40. The molecule has 1 aliphatic rings. The van der Waals surface area contributed by atoms with Gasteiger partial charge in [-0.1, -0.05) is 23.7 Å². The van der Waals surface area contributed by atoms with E-state index in [-0.39, 0.29) is 23.2 Å². The molecule has 1 aromatic heterocycles. The summed E-state index contributed by atoms with van der Waals surface area (Å²) in [5.41, 5.74) is -0.579. The smallest absolute Gasteiger partial charge is 0.297 e. The standard InChI is InChI=1S/C22H15ClN4O5/c1-32-15-8-6-14(7-9-15)26-22(29)18(11-24)17-10-16(12-2-4-13(23)5-3-12)20(27(30)31)21(28)19(17)25-26/h2-9,16,28H,10H2,1H3. The molecule has 0 amide bonds. The van der Waals surface area contributed by atoms with Gasteiger partial charge in [-0.05, 0) is 48.4 Å². The molecule has 9 nitrogen and oxygen atoms in total. The van der Waals surface area contributed by atoms with Crippen LogP contribution in [0.25, 0.3) is 11.4 Å². The summed E-state index contributed by atoms with van der Waals surface area (Å²) >= 11 is 5.92. The van der Waals surface area contributed by atoms with Gasteiger partial charge in [0.2, 0.25) is 5.76 Å². The number of ether oxygens (including phenoxy) is 1. The number of aliphatic hydroxyl groups excluding tert-OH is 1. The molecular weight excluding hydrogens is 436 g/mol. The van der Waals surface area contributed by atoms with E-state index in [2.05, 4.69) is 5.10 Å². The predicted molar refractivity (Wildman–Crippen MR) is 116 cm³/mol. The summed E-state index contributed by atoms with van der Waals surface area (Å²) in [6.45, 7) is 0. The van der Waals surface area contributed by atoms with Crippen LogP contribution in [0.1, 0.15) is 28.3 Å². The largest absolute Gasteiger partial charge is 0.501 e. The minimum Gasteiger partial charge on any atom is -0.501 e. The average Bonchev–Trinajstić information content (AvgIpc) is 2.79. The average molecular weight is 451 g/mol. The van der Waals surface area contributed by atoms with Gasteiger partial charge in [-0.2, -0.15) is 15.0 Å². The van der Waals surface area contributed by atoms with E-state index in [0.29, 0.717) is 22.0 Å². The van der Waals surface area contributed by atoms with E-state index in [4.69, 9.17) is 16.3 Å². The van der Waals surface area contributed by atoms with Gasteiger partial charge in [0.05, 0.1) is 23.6 Å². The van der Waals surface area contributed by atoms with Gasteiger partial charge < -0.3 is 9.84 Å². The van der Waals surface area contributed by atoms with Crippen molar-refractivity contribution in [3.8, 4) is 17.5 Å². The van der Waals surface area contributed by atoms with Gasteiger partial charge in [-0.25, -0.2) is 0 Å². The van der Waals surface area contributed by atoms with Gasteiger partial charge in [0.25, 0.3) is 11.3 Å². The zero-order valence-corrected chi connectivity index (χ0v) is 17.4. The van der Waals surface area contributed by atoms with E-state index in [1.807, 2.05) is 6.07 Å². The van der Waals surface area contributed by atoms with Crippen LogP contribution < -0.4 is 10.3 Å². The van der Waals surface area contributed by atoms with E-state index in [1.165, 1.54) is 7.11 Å². The van der Waals surface area contributed by atoms with Crippen LogP contribution in [0.15, 0.2) is 59.0 Å². The summed E-state index contributed by atoms with van der Waals surface area (Å²) in [7, 11) is 1.49. The van der Waals surface area contributed by atoms with Crippen molar-refractivity contribution in [2.75, 3.05) is 7.11 Å².